The van der Waals surface area contributed by atoms with Crippen molar-refractivity contribution in [3.63, 3.8) is 0 Å². The third kappa shape index (κ3) is 3.48. The van der Waals surface area contributed by atoms with Crippen LogP contribution in [0.15, 0.2) is 30.3 Å². The topological polar surface area (TPSA) is 59.1 Å². The number of likely N-dealkylation sites (tertiary alicyclic amines) is 1. The van der Waals surface area contributed by atoms with Gasteiger partial charge in [-0.25, -0.2) is 0 Å². The number of rotatable bonds is 2. The van der Waals surface area contributed by atoms with Crippen LogP contribution >= 0.6 is 0 Å². The Balaban J connectivity index is 1.40. The van der Waals surface area contributed by atoms with Crippen LogP contribution in [-0.4, -0.2) is 61.8 Å². The number of ether oxygens (including phenoxy) is 2. The number of nitrogens with zero attached hydrogens (tertiary/aromatic N) is 2. The molecule has 0 bridgehead atoms. The fourth-order valence-corrected chi connectivity index (χ4v) is 4.20. The molecule has 3 fully saturated rings. The number of carbonyl (C=O) groups excluding carboxylic acids is 2. The first-order chi connectivity index (χ1) is 12.7. The van der Waals surface area contributed by atoms with Gasteiger partial charge >= 0.3 is 0 Å². The number of piperidine rings is 1. The molecule has 6 nitrogen and oxygen atoms in total. The number of para-hydroxylation sites is 1. The Bertz CT molecular complexity index is 649. The molecule has 1 aromatic carbocycles. The number of amides is 2. The second-order valence-electron chi connectivity index (χ2n) is 7.50. The van der Waals surface area contributed by atoms with Crippen LogP contribution in [0, 0.1) is 5.92 Å². The normalized spacial score (nSPS) is 24.1. The fourth-order valence-electron chi connectivity index (χ4n) is 4.20. The number of benzene rings is 1. The fraction of sp³-hybridized carbons (Fsp3) is 0.600. The maximum absolute atomic E-state index is 12.7. The first kappa shape index (κ1) is 17.5. The highest BCUT2D eigenvalue weighted by Crippen LogP contribution is 2.33. The van der Waals surface area contributed by atoms with Crippen LogP contribution < -0.4 is 4.90 Å². The van der Waals surface area contributed by atoms with E-state index in [-0.39, 0.29) is 29.9 Å². The van der Waals surface area contributed by atoms with E-state index in [0.29, 0.717) is 32.8 Å². The number of hydrogen-bond acceptors (Lipinski definition) is 4. The summed E-state index contributed by atoms with van der Waals surface area (Å²) in [5.74, 6) is 0.366. The zero-order chi connectivity index (χ0) is 18.0. The summed E-state index contributed by atoms with van der Waals surface area (Å²) in [6, 6.07) is 9.76. The average molecular weight is 358 g/mol. The highest BCUT2D eigenvalue weighted by atomic mass is 16.5. The summed E-state index contributed by atoms with van der Waals surface area (Å²) >= 11 is 0. The highest BCUT2D eigenvalue weighted by molar-refractivity contribution is 5.95. The molecule has 0 radical (unpaired) electrons. The second-order valence-corrected chi connectivity index (χ2v) is 7.50. The van der Waals surface area contributed by atoms with E-state index in [1.165, 1.54) is 0 Å². The molecule has 1 spiro atoms. The maximum atomic E-state index is 12.7. The molecule has 2 amide bonds. The van der Waals surface area contributed by atoms with Gasteiger partial charge in [0.15, 0.2) is 0 Å². The average Bonchev–Trinajstić information content (AvgIpc) is 2.71. The quantitative estimate of drug-likeness (QED) is 0.809. The lowest BCUT2D eigenvalue weighted by atomic mass is 9.88. The van der Waals surface area contributed by atoms with E-state index in [1.54, 1.807) is 0 Å². The van der Waals surface area contributed by atoms with Crippen LogP contribution in [0.3, 0.4) is 0 Å². The summed E-state index contributed by atoms with van der Waals surface area (Å²) in [6.07, 6.45) is 3.21. The molecule has 3 heterocycles. The minimum atomic E-state index is -0.337. The lowest BCUT2D eigenvalue weighted by Crippen LogP contribution is -2.60. The van der Waals surface area contributed by atoms with Gasteiger partial charge in [-0.15, -0.1) is 0 Å². The van der Waals surface area contributed by atoms with Crippen LogP contribution in [0.4, 0.5) is 5.69 Å². The predicted molar refractivity (Wildman–Crippen MR) is 96.8 cm³/mol. The van der Waals surface area contributed by atoms with Crippen LogP contribution in [0.5, 0.6) is 0 Å². The molecule has 3 aliphatic heterocycles. The van der Waals surface area contributed by atoms with Crippen molar-refractivity contribution < 1.29 is 19.1 Å². The Morgan fingerprint density at radius 3 is 2.46 bits per heavy atom. The number of hydrogen-bond donors (Lipinski definition) is 0. The first-order valence-electron chi connectivity index (χ1n) is 9.53. The van der Waals surface area contributed by atoms with Crippen LogP contribution in [0.1, 0.15) is 25.7 Å². The molecule has 4 rings (SSSR count). The monoisotopic (exact) mass is 358 g/mol. The molecule has 0 unspecified atom stereocenters. The Labute approximate surface area is 154 Å². The number of morpholine rings is 1. The molecule has 0 saturated carbocycles. The number of anilines is 1. The van der Waals surface area contributed by atoms with E-state index in [9.17, 15) is 9.59 Å². The molecular formula is C20H26N2O4. The molecule has 0 atom stereocenters. The summed E-state index contributed by atoms with van der Waals surface area (Å²) in [5.41, 5.74) is 0.580. The van der Waals surface area contributed by atoms with E-state index in [4.69, 9.17) is 9.47 Å². The van der Waals surface area contributed by atoms with Crippen molar-refractivity contribution in [1.29, 1.82) is 0 Å². The number of carbonyl (C=O) groups is 2. The molecule has 3 saturated heterocycles. The second kappa shape index (κ2) is 7.37. The van der Waals surface area contributed by atoms with Gasteiger partial charge < -0.3 is 19.3 Å². The Morgan fingerprint density at radius 1 is 1.08 bits per heavy atom. The minimum absolute atomic E-state index is 0.00235. The summed E-state index contributed by atoms with van der Waals surface area (Å²) in [7, 11) is 0. The summed E-state index contributed by atoms with van der Waals surface area (Å²) in [5, 5.41) is 0. The highest BCUT2D eigenvalue weighted by Gasteiger charge is 2.44. The molecule has 0 N–H and O–H groups in total. The summed E-state index contributed by atoms with van der Waals surface area (Å²) < 4.78 is 11.4. The van der Waals surface area contributed by atoms with Crippen molar-refractivity contribution in [3.8, 4) is 0 Å². The van der Waals surface area contributed by atoms with Crippen molar-refractivity contribution in [2.24, 2.45) is 5.92 Å². The van der Waals surface area contributed by atoms with Crippen molar-refractivity contribution in [2.45, 2.75) is 31.3 Å². The van der Waals surface area contributed by atoms with Crippen LogP contribution in [0.2, 0.25) is 0 Å². The molecule has 3 aliphatic rings. The van der Waals surface area contributed by atoms with Crippen molar-refractivity contribution in [1.82, 2.24) is 4.90 Å². The smallest absolute Gasteiger partial charge is 0.253 e. The Kier molecular flexibility index (Phi) is 4.96. The lowest BCUT2D eigenvalue weighted by molar-refractivity contribution is -0.153. The van der Waals surface area contributed by atoms with Crippen molar-refractivity contribution in [2.75, 3.05) is 44.4 Å². The van der Waals surface area contributed by atoms with Gasteiger partial charge in [0.05, 0.1) is 12.1 Å². The van der Waals surface area contributed by atoms with Crippen LogP contribution in [0.25, 0.3) is 0 Å². The largest absolute Gasteiger partial charge is 0.381 e. The SMILES string of the molecule is O=C(C1CCOCC1)N1CCC2(CC1)CN(c1ccccc1)C(=O)CO2. The molecular weight excluding hydrogens is 332 g/mol. The standard InChI is InChI=1S/C20H26N2O4/c23-18-14-26-20(15-22(18)17-4-2-1-3-5-17)8-10-21(11-9-20)19(24)16-6-12-25-13-7-16/h1-5,16H,6-15H2. The summed E-state index contributed by atoms with van der Waals surface area (Å²) in [6.45, 7) is 3.45. The van der Waals surface area contributed by atoms with Crippen LogP contribution in [-0.2, 0) is 19.1 Å². The zero-order valence-corrected chi connectivity index (χ0v) is 15.1. The van der Waals surface area contributed by atoms with E-state index >= 15 is 0 Å². The minimum Gasteiger partial charge on any atom is -0.381 e. The Morgan fingerprint density at radius 2 is 1.77 bits per heavy atom. The molecule has 6 heteroatoms. The van der Waals surface area contributed by atoms with E-state index < -0.39 is 0 Å². The van der Waals surface area contributed by atoms with Crippen molar-refractivity contribution in [3.05, 3.63) is 30.3 Å². The van der Waals surface area contributed by atoms with Gasteiger partial charge in [-0.3, -0.25) is 9.59 Å². The zero-order valence-electron chi connectivity index (χ0n) is 15.1. The Hall–Kier alpha value is -1.92. The van der Waals surface area contributed by atoms with Crippen molar-refractivity contribution >= 4 is 17.5 Å². The van der Waals surface area contributed by atoms with E-state index in [0.717, 1.165) is 31.4 Å². The van der Waals surface area contributed by atoms with E-state index in [2.05, 4.69) is 0 Å². The van der Waals surface area contributed by atoms with Gasteiger partial charge in [-0.2, -0.15) is 0 Å². The van der Waals surface area contributed by atoms with Gasteiger partial charge in [0.25, 0.3) is 5.91 Å². The first-order valence-corrected chi connectivity index (χ1v) is 9.53. The van der Waals surface area contributed by atoms with Gasteiger partial charge in [-0.1, -0.05) is 18.2 Å². The molecule has 26 heavy (non-hydrogen) atoms. The summed E-state index contributed by atoms with van der Waals surface area (Å²) in [4.78, 5) is 28.9. The molecule has 140 valence electrons. The lowest BCUT2D eigenvalue weighted by Gasteiger charge is -2.47. The molecule has 1 aromatic rings. The predicted octanol–water partition coefficient (Wildman–Crippen LogP) is 1.84. The van der Waals surface area contributed by atoms with Gasteiger partial charge in [0.2, 0.25) is 5.91 Å². The third-order valence-electron chi connectivity index (χ3n) is 5.87. The third-order valence-corrected chi connectivity index (χ3v) is 5.87. The van der Waals surface area contributed by atoms with E-state index in [1.807, 2.05) is 40.1 Å². The van der Waals surface area contributed by atoms with Gasteiger partial charge in [0, 0.05) is 37.9 Å². The van der Waals surface area contributed by atoms with Gasteiger partial charge in [0.1, 0.15) is 6.61 Å². The maximum Gasteiger partial charge on any atom is 0.253 e. The molecule has 0 aliphatic carbocycles. The van der Waals surface area contributed by atoms with Gasteiger partial charge in [-0.05, 0) is 37.8 Å². The molecule has 0 aromatic heterocycles.